The van der Waals surface area contributed by atoms with Gasteiger partial charge in [0.1, 0.15) is 11.5 Å². The largest absolute Gasteiger partial charge is 0.481 e. The van der Waals surface area contributed by atoms with Crippen LogP contribution in [0.25, 0.3) is 0 Å². The molecule has 1 atom stereocenters. The lowest BCUT2D eigenvalue weighted by atomic mass is 9.94. The van der Waals surface area contributed by atoms with E-state index in [2.05, 4.69) is 17.2 Å². The zero-order valence-electron chi connectivity index (χ0n) is 12.3. The van der Waals surface area contributed by atoms with E-state index in [4.69, 9.17) is 10.8 Å². The van der Waals surface area contributed by atoms with Crippen molar-refractivity contribution in [1.82, 2.24) is 4.98 Å². The van der Waals surface area contributed by atoms with E-state index in [1.807, 2.05) is 0 Å². The Hall–Kier alpha value is -2.11. The van der Waals surface area contributed by atoms with E-state index >= 15 is 0 Å². The van der Waals surface area contributed by atoms with E-state index in [1.165, 1.54) is 0 Å². The molecule has 0 spiro atoms. The molecule has 1 rings (SSSR count). The van der Waals surface area contributed by atoms with Crippen molar-refractivity contribution in [3.8, 4) is 0 Å². The molecule has 0 aliphatic carbocycles. The molecular weight excluding hydrogens is 270 g/mol. The van der Waals surface area contributed by atoms with Gasteiger partial charge in [0.05, 0.1) is 0 Å². The van der Waals surface area contributed by atoms with E-state index in [0.717, 1.165) is 19.3 Å². The highest BCUT2D eigenvalue weighted by atomic mass is 16.4. The van der Waals surface area contributed by atoms with Crippen LogP contribution in [-0.2, 0) is 4.79 Å². The van der Waals surface area contributed by atoms with Gasteiger partial charge in [-0.05, 0) is 30.9 Å². The molecule has 1 unspecified atom stereocenters. The summed E-state index contributed by atoms with van der Waals surface area (Å²) in [6, 6.07) is 5.07. The maximum atomic E-state index is 11.0. The molecule has 0 saturated heterocycles. The van der Waals surface area contributed by atoms with Gasteiger partial charge in [-0.1, -0.05) is 25.8 Å². The van der Waals surface area contributed by atoms with Crippen molar-refractivity contribution < 1.29 is 14.7 Å². The summed E-state index contributed by atoms with van der Waals surface area (Å²) in [5.74, 6) is -0.304. The number of aliphatic carboxylic acids is 1. The van der Waals surface area contributed by atoms with E-state index in [0.29, 0.717) is 24.7 Å². The molecule has 0 bridgehead atoms. The third-order valence-electron chi connectivity index (χ3n) is 3.32. The highest BCUT2D eigenvalue weighted by Crippen LogP contribution is 2.18. The molecule has 0 fully saturated rings. The smallest absolute Gasteiger partial charge is 0.303 e. The fourth-order valence-corrected chi connectivity index (χ4v) is 2.24. The number of pyridine rings is 1. The number of hydrogen-bond donors (Lipinski definition) is 3. The minimum atomic E-state index is -0.750. The molecule has 116 valence electrons. The fourth-order valence-electron chi connectivity index (χ4n) is 2.24. The SMILES string of the molecule is CCCC(CCNc1cccc(C(N)=O)n1)CCC(=O)O. The standard InChI is InChI=1S/C15H23N3O3/c1-2-4-11(7-8-14(19)20)9-10-17-13-6-3-5-12(18-13)15(16)21/h3,5-6,11H,2,4,7-10H2,1H3,(H2,16,21)(H,17,18)(H,19,20). The average Bonchev–Trinajstić information content (AvgIpc) is 2.45. The van der Waals surface area contributed by atoms with E-state index in [9.17, 15) is 9.59 Å². The predicted octanol–water partition coefficient (Wildman–Crippen LogP) is 2.26. The van der Waals surface area contributed by atoms with Crippen LogP contribution in [-0.4, -0.2) is 28.5 Å². The van der Waals surface area contributed by atoms with Gasteiger partial charge in [0.2, 0.25) is 0 Å². The number of carboxylic acid groups (broad SMARTS) is 1. The number of amides is 1. The molecule has 4 N–H and O–H groups in total. The highest BCUT2D eigenvalue weighted by molar-refractivity contribution is 5.91. The van der Waals surface area contributed by atoms with Gasteiger partial charge in [-0.15, -0.1) is 0 Å². The van der Waals surface area contributed by atoms with Crippen LogP contribution in [0.3, 0.4) is 0 Å². The number of anilines is 1. The number of aromatic nitrogens is 1. The van der Waals surface area contributed by atoms with E-state index < -0.39 is 11.9 Å². The summed E-state index contributed by atoms with van der Waals surface area (Å²) in [4.78, 5) is 25.8. The maximum absolute atomic E-state index is 11.0. The first-order valence-corrected chi connectivity index (χ1v) is 7.25. The maximum Gasteiger partial charge on any atom is 0.303 e. The zero-order chi connectivity index (χ0) is 15.7. The lowest BCUT2D eigenvalue weighted by molar-refractivity contribution is -0.137. The van der Waals surface area contributed by atoms with Gasteiger partial charge >= 0.3 is 5.97 Å². The lowest BCUT2D eigenvalue weighted by Crippen LogP contribution is -2.15. The van der Waals surface area contributed by atoms with Crippen LogP contribution < -0.4 is 11.1 Å². The van der Waals surface area contributed by atoms with Crippen LogP contribution in [0.2, 0.25) is 0 Å². The predicted molar refractivity (Wildman–Crippen MR) is 81.1 cm³/mol. The summed E-state index contributed by atoms with van der Waals surface area (Å²) in [7, 11) is 0. The Labute approximate surface area is 124 Å². The Balaban J connectivity index is 2.44. The first-order chi connectivity index (χ1) is 10.0. The highest BCUT2D eigenvalue weighted by Gasteiger charge is 2.10. The van der Waals surface area contributed by atoms with Crippen LogP contribution in [0.5, 0.6) is 0 Å². The second-order valence-corrected chi connectivity index (χ2v) is 5.07. The van der Waals surface area contributed by atoms with Crippen molar-refractivity contribution in [2.75, 3.05) is 11.9 Å². The molecule has 0 aromatic carbocycles. The van der Waals surface area contributed by atoms with Gasteiger partial charge in [0.25, 0.3) is 5.91 Å². The molecule has 6 nitrogen and oxygen atoms in total. The molecule has 1 aromatic heterocycles. The van der Waals surface area contributed by atoms with Crippen molar-refractivity contribution in [3.05, 3.63) is 23.9 Å². The van der Waals surface area contributed by atoms with Crippen LogP contribution in [0.4, 0.5) is 5.82 Å². The number of hydrogen-bond acceptors (Lipinski definition) is 4. The van der Waals surface area contributed by atoms with Crippen molar-refractivity contribution >= 4 is 17.7 Å². The minimum absolute atomic E-state index is 0.208. The second kappa shape index (κ2) is 8.94. The molecule has 0 saturated carbocycles. The molecule has 0 aliphatic rings. The molecular formula is C15H23N3O3. The Kier molecular flexibility index (Phi) is 7.21. The minimum Gasteiger partial charge on any atom is -0.481 e. The first kappa shape index (κ1) is 16.9. The number of carbonyl (C=O) groups is 2. The summed E-state index contributed by atoms with van der Waals surface area (Å²) in [6.07, 6.45) is 3.84. The quantitative estimate of drug-likeness (QED) is 0.613. The normalized spacial score (nSPS) is 11.9. The van der Waals surface area contributed by atoms with Crippen LogP contribution in [0, 0.1) is 5.92 Å². The van der Waals surface area contributed by atoms with Gasteiger partial charge in [-0.3, -0.25) is 9.59 Å². The number of rotatable bonds is 10. The Bertz CT molecular complexity index is 477. The third-order valence-corrected chi connectivity index (χ3v) is 3.32. The number of primary amides is 1. The molecule has 6 heteroatoms. The number of nitrogens with zero attached hydrogens (tertiary/aromatic N) is 1. The number of carbonyl (C=O) groups excluding carboxylic acids is 1. The molecule has 1 heterocycles. The lowest BCUT2D eigenvalue weighted by Gasteiger charge is -2.15. The number of nitrogens with two attached hydrogens (primary N) is 1. The van der Waals surface area contributed by atoms with Crippen molar-refractivity contribution in [2.24, 2.45) is 11.7 Å². The summed E-state index contributed by atoms with van der Waals surface area (Å²) < 4.78 is 0. The van der Waals surface area contributed by atoms with Crippen molar-refractivity contribution in [3.63, 3.8) is 0 Å². The second-order valence-electron chi connectivity index (χ2n) is 5.07. The third kappa shape index (κ3) is 6.74. The van der Waals surface area contributed by atoms with Gasteiger partial charge in [0.15, 0.2) is 0 Å². The van der Waals surface area contributed by atoms with Crippen LogP contribution >= 0.6 is 0 Å². The molecule has 1 amide bonds. The first-order valence-electron chi connectivity index (χ1n) is 7.25. The van der Waals surface area contributed by atoms with Crippen molar-refractivity contribution in [2.45, 2.75) is 39.0 Å². The van der Waals surface area contributed by atoms with Crippen molar-refractivity contribution in [1.29, 1.82) is 0 Å². The molecule has 0 radical (unpaired) electrons. The average molecular weight is 293 g/mol. The van der Waals surface area contributed by atoms with Gasteiger partial charge in [0, 0.05) is 13.0 Å². The van der Waals surface area contributed by atoms with E-state index in [1.54, 1.807) is 18.2 Å². The Morgan fingerprint density at radius 3 is 2.71 bits per heavy atom. The van der Waals surface area contributed by atoms with Crippen LogP contribution in [0.1, 0.15) is 49.5 Å². The molecule has 1 aromatic rings. The Morgan fingerprint density at radius 2 is 2.10 bits per heavy atom. The zero-order valence-corrected chi connectivity index (χ0v) is 12.3. The van der Waals surface area contributed by atoms with Crippen LogP contribution in [0.15, 0.2) is 18.2 Å². The summed E-state index contributed by atoms with van der Waals surface area (Å²) >= 11 is 0. The molecule has 21 heavy (non-hydrogen) atoms. The fraction of sp³-hybridized carbons (Fsp3) is 0.533. The summed E-state index contributed by atoms with van der Waals surface area (Å²) in [5.41, 5.74) is 5.41. The Morgan fingerprint density at radius 1 is 1.33 bits per heavy atom. The summed E-state index contributed by atoms with van der Waals surface area (Å²) in [5, 5.41) is 11.9. The monoisotopic (exact) mass is 293 g/mol. The van der Waals surface area contributed by atoms with Gasteiger partial charge < -0.3 is 16.2 Å². The summed E-state index contributed by atoms with van der Waals surface area (Å²) in [6.45, 7) is 2.79. The number of nitrogens with one attached hydrogen (secondary N) is 1. The van der Waals surface area contributed by atoms with Gasteiger partial charge in [-0.25, -0.2) is 4.98 Å². The molecule has 0 aliphatic heterocycles. The van der Waals surface area contributed by atoms with Gasteiger partial charge in [-0.2, -0.15) is 0 Å². The van der Waals surface area contributed by atoms with E-state index in [-0.39, 0.29) is 12.1 Å². The number of carboxylic acids is 1. The topological polar surface area (TPSA) is 105 Å².